The third-order valence-corrected chi connectivity index (χ3v) is 4.04. The van der Waals surface area contributed by atoms with Crippen LogP contribution in [0.2, 0.25) is 0 Å². The molecule has 4 nitrogen and oxygen atoms in total. The summed E-state index contributed by atoms with van der Waals surface area (Å²) < 4.78 is 6.12. The van der Waals surface area contributed by atoms with Crippen LogP contribution < -0.4 is 10.1 Å². The summed E-state index contributed by atoms with van der Waals surface area (Å²) in [7, 11) is 1.56. The van der Waals surface area contributed by atoms with Crippen molar-refractivity contribution in [3.8, 4) is 11.8 Å². The lowest BCUT2D eigenvalue weighted by molar-refractivity contribution is -0.117. The Morgan fingerprint density at radius 3 is 2.81 bits per heavy atom. The molecule has 0 saturated heterocycles. The first-order chi connectivity index (χ1) is 10.1. The van der Waals surface area contributed by atoms with Crippen LogP contribution in [-0.2, 0) is 4.79 Å². The van der Waals surface area contributed by atoms with Gasteiger partial charge >= 0.3 is 0 Å². The van der Waals surface area contributed by atoms with Crippen molar-refractivity contribution < 1.29 is 9.53 Å². The molecular weight excluding hydrogens is 332 g/mol. The van der Waals surface area contributed by atoms with Gasteiger partial charge in [0, 0.05) is 16.1 Å². The smallest absolute Gasteiger partial charge is 0.262 e. The van der Waals surface area contributed by atoms with Crippen LogP contribution in [0.25, 0.3) is 6.08 Å². The Morgan fingerprint density at radius 2 is 2.19 bits per heavy atom. The molecule has 0 heterocycles. The highest BCUT2D eigenvalue weighted by atomic mass is 79.9. The summed E-state index contributed by atoms with van der Waals surface area (Å²) in [5.41, 5.74) is 0.795. The van der Waals surface area contributed by atoms with E-state index in [2.05, 4.69) is 21.2 Å². The first-order valence-corrected chi connectivity index (χ1v) is 7.69. The third kappa shape index (κ3) is 4.08. The van der Waals surface area contributed by atoms with Crippen molar-refractivity contribution in [2.45, 2.75) is 31.7 Å². The van der Waals surface area contributed by atoms with Gasteiger partial charge in [-0.05, 0) is 37.1 Å². The van der Waals surface area contributed by atoms with E-state index in [1.165, 1.54) is 0 Å². The van der Waals surface area contributed by atoms with Crippen LogP contribution in [0.3, 0.4) is 0 Å². The number of methoxy groups -OCH3 is 1. The lowest BCUT2D eigenvalue weighted by atomic mass is 10.1. The summed E-state index contributed by atoms with van der Waals surface area (Å²) in [5, 5.41) is 12.2. The number of carbonyl (C=O) groups excluding carboxylic acids is 1. The fourth-order valence-corrected chi connectivity index (χ4v) is 2.83. The van der Waals surface area contributed by atoms with Gasteiger partial charge in [0.25, 0.3) is 5.91 Å². The molecule has 1 aliphatic rings. The maximum absolute atomic E-state index is 12.2. The van der Waals surface area contributed by atoms with Gasteiger partial charge in [-0.2, -0.15) is 5.26 Å². The van der Waals surface area contributed by atoms with E-state index in [1.54, 1.807) is 19.3 Å². The van der Waals surface area contributed by atoms with Crippen molar-refractivity contribution in [2.75, 3.05) is 7.11 Å². The number of carbonyl (C=O) groups is 1. The summed E-state index contributed by atoms with van der Waals surface area (Å²) in [6.07, 6.45) is 5.81. The number of nitriles is 1. The number of ether oxygens (including phenoxy) is 1. The Balaban J connectivity index is 2.21. The quantitative estimate of drug-likeness (QED) is 0.669. The second kappa shape index (κ2) is 7.28. The van der Waals surface area contributed by atoms with Gasteiger partial charge in [-0.15, -0.1) is 0 Å². The van der Waals surface area contributed by atoms with Crippen LogP contribution in [0.15, 0.2) is 28.2 Å². The van der Waals surface area contributed by atoms with E-state index in [9.17, 15) is 10.1 Å². The molecule has 1 aromatic carbocycles. The number of rotatable bonds is 4. The number of hydrogen-bond acceptors (Lipinski definition) is 3. The highest BCUT2D eigenvalue weighted by Crippen LogP contribution is 2.25. The van der Waals surface area contributed by atoms with Crippen molar-refractivity contribution >= 4 is 27.9 Å². The zero-order valence-corrected chi connectivity index (χ0v) is 13.4. The van der Waals surface area contributed by atoms with Crippen LogP contribution in [-0.4, -0.2) is 19.1 Å². The van der Waals surface area contributed by atoms with Crippen molar-refractivity contribution in [2.24, 2.45) is 0 Å². The molecule has 0 aromatic heterocycles. The molecule has 0 aliphatic heterocycles. The minimum absolute atomic E-state index is 0.0956. The van der Waals surface area contributed by atoms with E-state index in [1.807, 2.05) is 18.2 Å². The second-order valence-corrected chi connectivity index (χ2v) is 5.93. The molecule has 1 amide bonds. The zero-order chi connectivity index (χ0) is 15.2. The third-order valence-electron chi connectivity index (χ3n) is 3.55. The summed E-state index contributed by atoms with van der Waals surface area (Å²) in [6, 6.07) is 7.62. The summed E-state index contributed by atoms with van der Waals surface area (Å²) in [6.45, 7) is 0. The second-order valence-electron chi connectivity index (χ2n) is 5.01. The maximum Gasteiger partial charge on any atom is 0.262 e. The number of nitrogens with zero attached hydrogens (tertiary/aromatic N) is 1. The zero-order valence-electron chi connectivity index (χ0n) is 11.9. The normalized spacial score (nSPS) is 15.6. The molecular formula is C16H17BrN2O2. The maximum atomic E-state index is 12.2. The molecule has 5 heteroatoms. The van der Waals surface area contributed by atoms with Gasteiger partial charge in [0.2, 0.25) is 0 Å². The molecule has 2 rings (SSSR count). The van der Waals surface area contributed by atoms with Gasteiger partial charge < -0.3 is 10.1 Å². The largest absolute Gasteiger partial charge is 0.496 e. The highest BCUT2D eigenvalue weighted by Gasteiger charge is 2.19. The van der Waals surface area contributed by atoms with Crippen LogP contribution >= 0.6 is 15.9 Å². The SMILES string of the molecule is COc1ccc(Br)cc1/C=C(\C#N)C(=O)NC1CCCC1. The van der Waals surface area contributed by atoms with Gasteiger partial charge in [-0.3, -0.25) is 4.79 Å². The monoisotopic (exact) mass is 348 g/mol. The highest BCUT2D eigenvalue weighted by molar-refractivity contribution is 9.10. The lowest BCUT2D eigenvalue weighted by Gasteiger charge is -2.11. The van der Waals surface area contributed by atoms with Crippen LogP contribution in [0.4, 0.5) is 0 Å². The Labute approximate surface area is 132 Å². The fraction of sp³-hybridized carbons (Fsp3) is 0.375. The molecule has 110 valence electrons. The van der Waals surface area contributed by atoms with E-state index in [0.29, 0.717) is 11.3 Å². The lowest BCUT2D eigenvalue weighted by Crippen LogP contribution is -2.33. The molecule has 0 radical (unpaired) electrons. The van der Waals surface area contributed by atoms with E-state index in [0.717, 1.165) is 30.2 Å². The molecule has 1 aromatic rings. The van der Waals surface area contributed by atoms with Crippen LogP contribution in [0, 0.1) is 11.3 Å². The Bertz CT molecular complexity index is 599. The first kappa shape index (κ1) is 15.6. The number of benzene rings is 1. The molecule has 1 N–H and O–H groups in total. The van der Waals surface area contributed by atoms with E-state index in [-0.39, 0.29) is 17.5 Å². The topological polar surface area (TPSA) is 62.1 Å². The number of amides is 1. The Hall–Kier alpha value is -1.80. The van der Waals surface area contributed by atoms with Gasteiger partial charge in [0.15, 0.2) is 0 Å². The molecule has 1 saturated carbocycles. The summed E-state index contributed by atoms with van der Waals surface area (Å²) >= 11 is 3.38. The molecule has 0 spiro atoms. The number of halogens is 1. The molecule has 0 atom stereocenters. The molecule has 0 bridgehead atoms. The minimum Gasteiger partial charge on any atom is -0.496 e. The van der Waals surface area contributed by atoms with E-state index in [4.69, 9.17) is 4.74 Å². The van der Waals surface area contributed by atoms with Gasteiger partial charge in [0.05, 0.1) is 7.11 Å². The Morgan fingerprint density at radius 1 is 1.48 bits per heavy atom. The van der Waals surface area contributed by atoms with Crippen molar-refractivity contribution in [3.63, 3.8) is 0 Å². The van der Waals surface area contributed by atoms with Gasteiger partial charge in [0.1, 0.15) is 17.4 Å². The van der Waals surface area contributed by atoms with E-state index < -0.39 is 0 Å². The average molecular weight is 349 g/mol. The standard InChI is InChI=1S/C16H17BrN2O2/c1-21-15-7-6-13(17)9-11(15)8-12(10-18)16(20)19-14-4-2-3-5-14/h6-9,14H,2-5H2,1H3,(H,19,20)/b12-8+. The summed E-state index contributed by atoms with van der Waals surface area (Å²) in [4.78, 5) is 12.2. The predicted molar refractivity (Wildman–Crippen MR) is 84.7 cm³/mol. The summed E-state index contributed by atoms with van der Waals surface area (Å²) in [5.74, 6) is 0.311. The number of hydrogen-bond donors (Lipinski definition) is 1. The van der Waals surface area contributed by atoms with Gasteiger partial charge in [-0.1, -0.05) is 28.8 Å². The minimum atomic E-state index is -0.313. The molecule has 21 heavy (non-hydrogen) atoms. The van der Waals surface area contributed by atoms with Crippen LogP contribution in [0.5, 0.6) is 5.75 Å². The van der Waals surface area contributed by atoms with Crippen molar-refractivity contribution in [1.82, 2.24) is 5.32 Å². The molecule has 1 aliphatic carbocycles. The predicted octanol–water partition coefficient (Wildman–Crippen LogP) is 3.42. The number of nitrogens with one attached hydrogen (secondary N) is 1. The molecule has 0 unspecified atom stereocenters. The average Bonchev–Trinajstić information content (AvgIpc) is 2.97. The van der Waals surface area contributed by atoms with Crippen molar-refractivity contribution in [3.05, 3.63) is 33.8 Å². The Kier molecular flexibility index (Phi) is 5.40. The van der Waals surface area contributed by atoms with E-state index >= 15 is 0 Å². The van der Waals surface area contributed by atoms with Crippen molar-refractivity contribution in [1.29, 1.82) is 5.26 Å². The molecule has 1 fully saturated rings. The fourth-order valence-electron chi connectivity index (χ4n) is 2.46. The first-order valence-electron chi connectivity index (χ1n) is 6.90. The van der Waals surface area contributed by atoms with Crippen LogP contribution in [0.1, 0.15) is 31.2 Å². The van der Waals surface area contributed by atoms with Gasteiger partial charge in [-0.25, -0.2) is 0 Å².